The Labute approximate surface area is 163 Å². The number of methoxy groups -OCH3 is 1. The summed E-state index contributed by atoms with van der Waals surface area (Å²) in [5, 5.41) is 0. The molecular weight excluding hydrogens is 360 g/mol. The van der Waals surface area contributed by atoms with Crippen LogP contribution in [-0.2, 0) is 27.2 Å². The van der Waals surface area contributed by atoms with Gasteiger partial charge in [-0.15, -0.1) is 0 Å². The molecule has 0 N–H and O–H groups in total. The topological polar surface area (TPSA) is 71.8 Å². The summed E-state index contributed by atoms with van der Waals surface area (Å²) in [7, 11) is 1.62. The molecule has 0 unspecified atom stereocenters. The minimum absolute atomic E-state index is 0.144. The van der Waals surface area contributed by atoms with E-state index in [0.29, 0.717) is 45.5 Å². The van der Waals surface area contributed by atoms with Gasteiger partial charge in [-0.2, -0.15) is 4.98 Å². The lowest BCUT2D eigenvalue weighted by Crippen LogP contribution is -2.34. The Hall–Kier alpha value is -2.66. The van der Waals surface area contributed by atoms with Crippen molar-refractivity contribution in [3.63, 3.8) is 0 Å². The largest absolute Gasteiger partial charge is 0.475 e. The summed E-state index contributed by atoms with van der Waals surface area (Å²) in [4.78, 5) is 16.5. The van der Waals surface area contributed by atoms with Crippen molar-refractivity contribution in [2.24, 2.45) is 0 Å². The predicted molar refractivity (Wildman–Crippen MR) is 102 cm³/mol. The summed E-state index contributed by atoms with van der Waals surface area (Å²) in [6.07, 6.45) is 0.617. The SMILES string of the molecule is COCC#Cc1ccc2c(c1)CCn1c-2cc(OC[C@H]2COCCO2)nc1=O. The zero-order chi connectivity index (χ0) is 19.3. The second kappa shape index (κ2) is 8.57. The quantitative estimate of drug-likeness (QED) is 0.742. The third-order valence-corrected chi connectivity index (χ3v) is 4.72. The van der Waals surface area contributed by atoms with Crippen LogP contribution >= 0.6 is 0 Å². The molecule has 0 saturated carbocycles. The van der Waals surface area contributed by atoms with Gasteiger partial charge in [-0.3, -0.25) is 4.57 Å². The number of fused-ring (bicyclic) bond motifs is 3. The first-order valence-electron chi connectivity index (χ1n) is 9.30. The summed E-state index contributed by atoms with van der Waals surface area (Å²) in [5.41, 5.74) is 3.61. The number of nitrogens with zero attached hydrogens (tertiary/aromatic N) is 2. The van der Waals surface area contributed by atoms with Crippen LogP contribution in [0.15, 0.2) is 29.1 Å². The molecule has 28 heavy (non-hydrogen) atoms. The highest BCUT2D eigenvalue weighted by Gasteiger charge is 2.20. The average molecular weight is 382 g/mol. The molecule has 0 amide bonds. The van der Waals surface area contributed by atoms with Crippen molar-refractivity contribution >= 4 is 0 Å². The first-order chi connectivity index (χ1) is 13.7. The number of aryl methyl sites for hydroxylation is 1. The van der Waals surface area contributed by atoms with Crippen LogP contribution < -0.4 is 10.4 Å². The van der Waals surface area contributed by atoms with Gasteiger partial charge in [-0.05, 0) is 24.1 Å². The summed E-state index contributed by atoms with van der Waals surface area (Å²) >= 11 is 0. The predicted octanol–water partition coefficient (Wildman–Crippen LogP) is 1.26. The number of hydrogen-bond donors (Lipinski definition) is 0. The van der Waals surface area contributed by atoms with Crippen LogP contribution in [0.25, 0.3) is 11.3 Å². The summed E-state index contributed by atoms with van der Waals surface area (Å²) in [6, 6.07) is 7.84. The summed E-state index contributed by atoms with van der Waals surface area (Å²) in [5.74, 6) is 6.36. The highest BCUT2D eigenvalue weighted by atomic mass is 16.6. The van der Waals surface area contributed by atoms with E-state index >= 15 is 0 Å². The Kier molecular flexibility index (Phi) is 5.72. The fourth-order valence-electron chi connectivity index (χ4n) is 3.38. The van der Waals surface area contributed by atoms with Gasteiger partial charge >= 0.3 is 5.69 Å². The lowest BCUT2D eigenvalue weighted by molar-refractivity contribution is -0.102. The summed E-state index contributed by atoms with van der Waals surface area (Å²) in [6.45, 7) is 2.93. The molecule has 4 rings (SSSR count). The van der Waals surface area contributed by atoms with E-state index in [1.54, 1.807) is 11.7 Å². The van der Waals surface area contributed by atoms with Crippen molar-refractivity contribution in [3.05, 3.63) is 45.9 Å². The molecule has 1 saturated heterocycles. The highest BCUT2D eigenvalue weighted by molar-refractivity contribution is 5.67. The smallest absolute Gasteiger partial charge is 0.351 e. The maximum absolute atomic E-state index is 12.5. The zero-order valence-corrected chi connectivity index (χ0v) is 15.8. The molecule has 0 radical (unpaired) electrons. The molecule has 2 aliphatic heterocycles. The van der Waals surface area contributed by atoms with Crippen molar-refractivity contribution in [1.82, 2.24) is 9.55 Å². The maximum Gasteiger partial charge on any atom is 0.351 e. The van der Waals surface area contributed by atoms with Crippen LogP contribution in [0.2, 0.25) is 0 Å². The fraction of sp³-hybridized carbons (Fsp3) is 0.429. The Balaban J connectivity index is 1.58. The number of benzene rings is 1. The van der Waals surface area contributed by atoms with Gasteiger partial charge in [-0.25, -0.2) is 4.79 Å². The van der Waals surface area contributed by atoms with E-state index in [1.165, 1.54) is 0 Å². The van der Waals surface area contributed by atoms with Gasteiger partial charge in [0, 0.05) is 30.8 Å². The maximum atomic E-state index is 12.5. The number of ether oxygens (including phenoxy) is 4. The first kappa shape index (κ1) is 18.7. The van der Waals surface area contributed by atoms with Crippen molar-refractivity contribution in [1.29, 1.82) is 0 Å². The Morgan fingerprint density at radius 1 is 1.32 bits per heavy atom. The van der Waals surface area contributed by atoms with E-state index in [2.05, 4.69) is 22.9 Å². The lowest BCUT2D eigenvalue weighted by atomic mass is 9.95. The van der Waals surface area contributed by atoms with Crippen LogP contribution in [0.1, 0.15) is 11.1 Å². The van der Waals surface area contributed by atoms with Crippen LogP contribution in [-0.4, -0.2) is 55.8 Å². The van der Waals surface area contributed by atoms with Gasteiger partial charge in [0.15, 0.2) is 0 Å². The summed E-state index contributed by atoms with van der Waals surface area (Å²) < 4.78 is 23.3. The molecule has 0 aliphatic carbocycles. The molecule has 7 heteroatoms. The standard InChI is InChI=1S/C21H22N2O5/c1-25-8-2-3-15-4-5-18-16(11-15)6-7-23-19(18)12-20(22-21(23)24)28-14-17-13-26-9-10-27-17/h4-5,11-12,17H,6-10,13-14H2,1H3/t17-/m1/s1. The van der Waals surface area contributed by atoms with Crippen molar-refractivity contribution in [3.8, 4) is 29.0 Å². The van der Waals surface area contributed by atoms with Crippen LogP contribution in [0.5, 0.6) is 5.88 Å². The second-order valence-electron chi connectivity index (χ2n) is 6.65. The number of aromatic nitrogens is 2. The Bertz CT molecular complexity index is 967. The van der Waals surface area contributed by atoms with Gasteiger partial charge < -0.3 is 18.9 Å². The van der Waals surface area contributed by atoms with Crippen LogP contribution in [0, 0.1) is 11.8 Å². The van der Waals surface area contributed by atoms with Gasteiger partial charge in [0.2, 0.25) is 5.88 Å². The molecule has 1 aromatic carbocycles. The molecule has 0 bridgehead atoms. The molecule has 2 aliphatic rings. The monoisotopic (exact) mass is 382 g/mol. The molecule has 0 spiro atoms. The zero-order valence-electron chi connectivity index (χ0n) is 15.8. The van der Waals surface area contributed by atoms with Crippen molar-refractivity contribution in [2.75, 3.05) is 40.1 Å². The van der Waals surface area contributed by atoms with Gasteiger partial charge in [0.05, 0.1) is 25.5 Å². The average Bonchev–Trinajstić information content (AvgIpc) is 2.73. The highest BCUT2D eigenvalue weighted by Crippen LogP contribution is 2.30. The fourth-order valence-corrected chi connectivity index (χ4v) is 3.38. The van der Waals surface area contributed by atoms with Gasteiger partial charge in [0.1, 0.15) is 19.3 Å². The molecule has 1 aromatic heterocycles. The molecule has 1 atom stereocenters. The molecule has 146 valence electrons. The van der Waals surface area contributed by atoms with Crippen molar-refractivity contribution < 1.29 is 18.9 Å². The normalized spacial score (nSPS) is 17.8. The van der Waals surface area contributed by atoms with E-state index < -0.39 is 0 Å². The van der Waals surface area contributed by atoms with E-state index in [-0.39, 0.29) is 11.8 Å². The van der Waals surface area contributed by atoms with Crippen molar-refractivity contribution in [2.45, 2.75) is 19.1 Å². The molecule has 2 aromatic rings. The molecule has 1 fully saturated rings. The van der Waals surface area contributed by atoms with Crippen LogP contribution in [0.4, 0.5) is 0 Å². The Morgan fingerprint density at radius 2 is 2.25 bits per heavy atom. The first-order valence-corrected chi connectivity index (χ1v) is 9.30. The Morgan fingerprint density at radius 3 is 3.07 bits per heavy atom. The minimum atomic E-state index is -0.303. The third-order valence-electron chi connectivity index (χ3n) is 4.72. The van der Waals surface area contributed by atoms with Crippen LogP contribution in [0.3, 0.4) is 0 Å². The lowest BCUT2D eigenvalue weighted by Gasteiger charge is -2.24. The van der Waals surface area contributed by atoms with E-state index in [9.17, 15) is 4.79 Å². The molecular formula is C21H22N2O5. The van der Waals surface area contributed by atoms with Gasteiger partial charge in [-0.1, -0.05) is 17.9 Å². The number of rotatable bonds is 4. The van der Waals surface area contributed by atoms with E-state index in [4.69, 9.17) is 18.9 Å². The number of hydrogen-bond acceptors (Lipinski definition) is 6. The molecule has 7 nitrogen and oxygen atoms in total. The van der Waals surface area contributed by atoms with Gasteiger partial charge in [0.25, 0.3) is 0 Å². The minimum Gasteiger partial charge on any atom is -0.475 e. The second-order valence-corrected chi connectivity index (χ2v) is 6.65. The van der Waals surface area contributed by atoms with E-state index in [0.717, 1.165) is 28.8 Å². The molecule has 3 heterocycles. The third kappa shape index (κ3) is 4.09. The van der Waals surface area contributed by atoms with E-state index in [1.807, 2.05) is 18.2 Å².